The number of rotatable bonds is 13. The molecule has 1 saturated heterocycles. The molecule has 0 saturated carbocycles. The number of nitrogens with zero attached hydrogens (tertiary/aromatic N) is 1. The van der Waals surface area contributed by atoms with Gasteiger partial charge in [0.2, 0.25) is 29.5 Å². The zero-order valence-electron chi connectivity index (χ0n) is 20.1. The summed E-state index contributed by atoms with van der Waals surface area (Å²) in [5, 5.41) is 25.7. The van der Waals surface area contributed by atoms with E-state index in [-0.39, 0.29) is 19.4 Å². The molecule has 0 aliphatic carbocycles. The van der Waals surface area contributed by atoms with Crippen LogP contribution >= 0.6 is 0 Å². The normalized spacial score (nSPS) is 17.2. The molecule has 1 fully saturated rings. The molecule has 2 rings (SSSR count). The molecule has 37 heavy (non-hydrogen) atoms. The Kier molecular flexibility index (Phi) is 11.0. The second kappa shape index (κ2) is 13.9. The van der Waals surface area contributed by atoms with E-state index in [1.165, 1.54) is 0 Å². The van der Waals surface area contributed by atoms with Crippen molar-refractivity contribution >= 4 is 35.5 Å². The summed E-state index contributed by atoms with van der Waals surface area (Å²) < 4.78 is 0. The Labute approximate surface area is 212 Å². The predicted octanol–water partition coefficient (Wildman–Crippen LogP) is -3.41. The molecule has 4 atom stereocenters. The number of hydrogen-bond donors (Lipinski definition) is 7. The highest BCUT2D eigenvalue weighted by atomic mass is 16.4. The monoisotopic (exact) mass is 520 g/mol. The fourth-order valence-electron chi connectivity index (χ4n) is 3.86. The zero-order chi connectivity index (χ0) is 27.5. The van der Waals surface area contributed by atoms with Crippen molar-refractivity contribution in [1.82, 2.24) is 20.9 Å². The Hall–Kier alpha value is -4.04. The maximum absolute atomic E-state index is 12.9. The van der Waals surface area contributed by atoms with Crippen molar-refractivity contribution in [2.24, 2.45) is 11.5 Å². The summed E-state index contributed by atoms with van der Waals surface area (Å²) in [4.78, 5) is 73.6. The molecule has 14 nitrogen and oxygen atoms in total. The van der Waals surface area contributed by atoms with Gasteiger partial charge < -0.3 is 42.5 Å². The number of aliphatic hydroxyl groups is 1. The SMILES string of the molecule is NC(=O)C[C@H](NC(=O)[C@@H]1CCCN1C(=O)[C@H](CO)NC(=O)CNC(=O)[C@@H](N)Cc1ccccc1)C(=O)O. The average molecular weight is 521 g/mol. The molecule has 0 spiro atoms. The molecule has 0 bridgehead atoms. The second-order valence-corrected chi connectivity index (χ2v) is 8.58. The van der Waals surface area contributed by atoms with Crippen molar-refractivity contribution in [1.29, 1.82) is 0 Å². The number of benzene rings is 1. The largest absolute Gasteiger partial charge is 0.480 e. The Morgan fingerprint density at radius 2 is 1.73 bits per heavy atom. The van der Waals surface area contributed by atoms with Crippen LogP contribution in [0.1, 0.15) is 24.8 Å². The highest BCUT2D eigenvalue weighted by Gasteiger charge is 2.39. The molecule has 9 N–H and O–H groups in total. The molecule has 1 aromatic carbocycles. The van der Waals surface area contributed by atoms with Gasteiger partial charge in [-0.25, -0.2) is 4.79 Å². The number of amides is 5. The molecule has 1 aliphatic heterocycles. The number of carboxylic acid groups (broad SMARTS) is 1. The Morgan fingerprint density at radius 3 is 2.32 bits per heavy atom. The lowest BCUT2D eigenvalue weighted by molar-refractivity contribution is -0.146. The summed E-state index contributed by atoms with van der Waals surface area (Å²) in [6.45, 7) is -1.15. The van der Waals surface area contributed by atoms with Crippen LogP contribution in [-0.4, -0.2) is 94.5 Å². The van der Waals surface area contributed by atoms with Crippen molar-refractivity contribution in [3.05, 3.63) is 35.9 Å². The molecular formula is C23H32N6O8. The molecule has 5 amide bonds. The molecule has 1 aliphatic rings. The molecule has 0 radical (unpaired) electrons. The number of carbonyl (C=O) groups excluding carboxylic acids is 5. The average Bonchev–Trinajstić information content (AvgIpc) is 3.35. The van der Waals surface area contributed by atoms with Crippen molar-refractivity contribution in [3.63, 3.8) is 0 Å². The van der Waals surface area contributed by atoms with Crippen LogP contribution in [0.3, 0.4) is 0 Å². The maximum Gasteiger partial charge on any atom is 0.326 e. The van der Waals surface area contributed by atoms with E-state index in [2.05, 4.69) is 16.0 Å². The second-order valence-electron chi connectivity index (χ2n) is 8.58. The van der Waals surface area contributed by atoms with E-state index >= 15 is 0 Å². The van der Waals surface area contributed by atoms with E-state index in [1.54, 1.807) is 12.1 Å². The number of primary amides is 1. The fourth-order valence-corrected chi connectivity index (χ4v) is 3.86. The molecule has 1 aromatic rings. The Bertz CT molecular complexity index is 1000. The van der Waals surface area contributed by atoms with E-state index in [9.17, 15) is 39.0 Å². The topological polar surface area (TPSA) is 234 Å². The van der Waals surface area contributed by atoms with Gasteiger partial charge in [-0.3, -0.25) is 24.0 Å². The number of hydrogen-bond acceptors (Lipinski definition) is 8. The van der Waals surface area contributed by atoms with Crippen molar-refractivity contribution in [3.8, 4) is 0 Å². The first-order chi connectivity index (χ1) is 17.5. The van der Waals surface area contributed by atoms with Gasteiger partial charge >= 0.3 is 5.97 Å². The summed E-state index contributed by atoms with van der Waals surface area (Å²) in [6, 6.07) is 4.11. The van der Waals surface area contributed by atoms with E-state index in [1.807, 2.05) is 18.2 Å². The smallest absolute Gasteiger partial charge is 0.326 e. The number of carbonyl (C=O) groups is 6. The lowest BCUT2D eigenvalue weighted by Gasteiger charge is -2.28. The van der Waals surface area contributed by atoms with Crippen LogP contribution in [0.25, 0.3) is 0 Å². The first-order valence-electron chi connectivity index (χ1n) is 11.6. The number of aliphatic hydroxyl groups excluding tert-OH is 1. The van der Waals surface area contributed by atoms with Crippen LogP contribution in [0.15, 0.2) is 30.3 Å². The van der Waals surface area contributed by atoms with E-state index in [4.69, 9.17) is 11.5 Å². The number of nitrogens with one attached hydrogen (secondary N) is 3. The van der Waals surface area contributed by atoms with E-state index < -0.39 is 79.2 Å². The van der Waals surface area contributed by atoms with Crippen LogP contribution in [-0.2, 0) is 35.2 Å². The first-order valence-corrected chi connectivity index (χ1v) is 11.6. The predicted molar refractivity (Wildman–Crippen MR) is 128 cm³/mol. The molecular weight excluding hydrogens is 488 g/mol. The lowest BCUT2D eigenvalue weighted by atomic mass is 10.1. The van der Waals surface area contributed by atoms with Gasteiger partial charge in [0.15, 0.2) is 0 Å². The highest BCUT2D eigenvalue weighted by molar-refractivity contribution is 5.95. The van der Waals surface area contributed by atoms with Gasteiger partial charge in [0.05, 0.1) is 25.6 Å². The van der Waals surface area contributed by atoms with Crippen LogP contribution in [0.2, 0.25) is 0 Å². The Balaban J connectivity index is 1.91. The van der Waals surface area contributed by atoms with Crippen molar-refractivity contribution in [2.75, 3.05) is 19.7 Å². The maximum atomic E-state index is 12.9. The van der Waals surface area contributed by atoms with Gasteiger partial charge in [0, 0.05) is 6.54 Å². The summed E-state index contributed by atoms with van der Waals surface area (Å²) in [7, 11) is 0. The third kappa shape index (κ3) is 8.84. The Morgan fingerprint density at radius 1 is 1.05 bits per heavy atom. The molecule has 202 valence electrons. The first kappa shape index (κ1) is 29.2. The lowest BCUT2D eigenvalue weighted by Crippen LogP contribution is -2.57. The number of likely N-dealkylation sites (tertiary alicyclic amines) is 1. The minimum Gasteiger partial charge on any atom is -0.480 e. The van der Waals surface area contributed by atoms with Gasteiger partial charge in [-0.1, -0.05) is 30.3 Å². The van der Waals surface area contributed by atoms with Crippen LogP contribution in [0.4, 0.5) is 0 Å². The zero-order valence-corrected chi connectivity index (χ0v) is 20.1. The van der Waals surface area contributed by atoms with Gasteiger partial charge in [-0.05, 0) is 24.8 Å². The van der Waals surface area contributed by atoms with Gasteiger partial charge in [0.25, 0.3) is 0 Å². The number of carboxylic acids is 1. The van der Waals surface area contributed by atoms with Gasteiger partial charge in [-0.2, -0.15) is 0 Å². The molecule has 1 heterocycles. The number of nitrogens with two attached hydrogens (primary N) is 2. The fraction of sp³-hybridized carbons (Fsp3) is 0.478. The van der Waals surface area contributed by atoms with Gasteiger partial charge in [-0.15, -0.1) is 0 Å². The minimum atomic E-state index is -1.56. The summed E-state index contributed by atoms with van der Waals surface area (Å²) in [6.07, 6.45) is 0.255. The van der Waals surface area contributed by atoms with Crippen LogP contribution < -0.4 is 27.4 Å². The van der Waals surface area contributed by atoms with Crippen molar-refractivity contribution < 1.29 is 39.0 Å². The standard InChI is InChI=1S/C23H32N6O8/c24-14(9-13-5-2-1-3-6-13)20(33)26-11-19(32)27-16(12-30)22(35)29-8-4-7-17(29)21(34)28-15(23(36)37)10-18(25)31/h1-3,5-6,14-17,30H,4,7-12,24H2,(H2,25,31)(H,26,33)(H,27,32)(H,28,34)(H,36,37)/t14-,15-,16-,17-/m0/s1. The number of aliphatic carboxylic acids is 1. The van der Waals surface area contributed by atoms with Crippen LogP contribution in [0.5, 0.6) is 0 Å². The molecule has 0 aromatic heterocycles. The molecule has 0 unspecified atom stereocenters. The van der Waals surface area contributed by atoms with Crippen LogP contribution in [0, 0.1) is 0 Å². The quantitative estimate of drug-likeness (QED) is 0.137. The summed E-state index contributed by atoms with van der Waals surface area (Å²) in [5.41, 5.74) is 11.7. The molecule has 14 heteroatoms. The summed E-state index contributed by atoms with van der Waals surface area (Å²) in [5.74, 6) is -5.30. The van der Waals surface area contributed by atoms with Crippen molar-refractivity contribution in [2.45, 2.75) is 49.9 Å². The third-order valence-electron chi connectivity index (χ3n) is 5.73. The third-order valence-corrected chi connectivity index (χ3v) is 5.73. The van der Waals surface area contributed by atoms with E-state index in [0.717, 1.165) is 10.5 Å². The highest BCUT2D eigenvalue weighted by Crippen LogP contribution is 2.19. The van der Waals surface area contributed by atoms with Gasteiger partial charge in [0.1, 0.15) is 18.1 Å². The van der Waals surface area contributed by atoms with E-state index in [0.29, 0.717) is 6.42 Å². The minimum absolute atomic E-state index is 0.127. The summed E-state index contributed by atoms with van der Waals surface area (Å²) >= 11 is 0.